The molecule has 3 nitrogen and oxygen atoms in total. The number of amidine groups is 1. The fourth-order valence-electron chi connectivity index (χ4n) is 3.71. The highest BCUT2D eigenvalue weighted by atomic mass is 79.9. The van der Waals surface area contributed by atoms with Crippen molar-refractivity contribution in [1.29, 1.82) is 0 Å². The molecule has 4 rings (SSSR count). The number of hydrogen-bond acceptors (Lipinski definition) is 2. The third-order valence-corrected chi connectivity index (χ3v) is 5.38. The first-order valence-electron chi connectivity index (χ1n) is 8.13. The highest BCUT2D eigenvalue weighted by Crippen LogP contribution is 2.35. The van der Waals surface area contributed by atoms with Crippen LogP contribution in [0.15, 0.2) is 59.1 Å². The van der Waals surface area contributed by atoms with Crippen molar-refractivity contribution in [1.82, 2.24) is 0 Å². The zero-order valence-corrected chi connectivity index (χ0v) is 14.5. The highest BCUT2D eigenvalue weighted by molar-refractivity contribution is 9.10. The van der Waals surface area contributed by atoms with Gasteiger partial charge in [-0.05, 0) is 37.1 Å². The minimum Gasteiger partial charge on any atom is -0.346 e. The Kier molecular flexibility index (Phi) is 3.74. The lowest BCUT2D eigenvalue weighted by Crippen LogP contribution is -2.41. The van der Waals surface area contributed by atoms with E-state index in [0.29, 0.717) is 6.54 Å². The summed E-state index contributed by atoms with van der Waals surface area (Å²) >= 11 is 3.48. The summed E-state index contributed by atoms with van der Waals surface area (Å²) in [4.78, 5) is 2.28. The second-order valence-electron chi connectivity index (χ2n) is 6.27. The van der Waals surface area contributed by atoms with Crippen LogP contribution in [-0.2, 0) is 5.72 Å². The van der Waals surface area contributed by atoms with Crippen LogP contribution < -0.4 is 4.90 Å². The maximum Gasteiger partial charge on any atom is 0.271 e. The van der Waals surface area contributed by atoms with E-state index in [1.807, 2.05) is 30.3 Å². The predicted octanol–water partition coefficient (Wildman–Crippen LogP) is 3.71. The number of benzene rings is 2. The van der Waals surface area contributed by atoms with Gasteiger partial charge in [0.15, 0.2) is 6.54 Å². The van der Waals surface area contributed by atoms with E-state index in [2.05, 4.69) is 49.7 Å². The van der Waals surface area contributed by atoms with E-state index in [1.165, 1.54) is 12.3 Å². The number of hydrogen-bond donors (Lipinski definition) is 1. The summed E-state index contributed by atoms with van der Waals surface area (Å²) in [7, 11) is 0. The van der Waals surface area contributed by atoms with Crippen LogP contribution >= 0.6 is 15.9 Å². The summed E-state index contributed by atoms with van der Waals surface area (Å²) in [5.41, 5.74) is 1.16. The summed E-state index contributed by atoms with van der Waals surface area (Å²) in [6, 6.07) is 18.4. The minimum absolute atomic E-state index is 0.577. The van der Waals surface area contributed by atoms with Crippen molar-refractivity contribution >= 4 is 27.5 Å². The predicted molar refractivity (Wildman–Crippen MR) is 95.8 cm³/mol. The van der Waals surface area contributed by atoms with E-state index < -0.39 is 5.72 Å². The van der Waals surface area contributed by atoms with Crippen molar-refractivity contribution in [2.45, 2.75) is 25.0 Å². The van der Waals surface area contributed by atoms with Crippen LogP contribution in [0.25, 0.3) is 0 Å². The Bertz CT molecular complexity index is 742. The molecule has 0 fully saturated rings. The van der Waals surface area contributed by atoms with Crippen LogP contribution in [0.2, 0.25) is 0 Å². The zero-order chi connectivity index (χ0) is 15.9. The Balaban J connectivity index is 1.80. The molecule has 0 aliphatic carbocycles. The van der Waals surface area contributed by atoms with E-state index >= 15 is 0 Å². The van der Waals surface area contributed by atoms with Crippen LogP contribution in [0.1, 0.15) is 24.8 Å². The number of nitrogens with zero attached hydrogens (tertiary/aromatic N) is 2. The molecule has 0 aromatic heterocycles. The molecule has 0 saturated carbocycles. The molecular formula is C19H20BrN2O+. The molecule has 1 atom stereocenters. The van der Waals surface area contributed by atoms with Gasteiger partial charge >= 0.3 is 0 Å². The van der Waals surface area contributed by atoms with Gasteiger partial charge in [-0.15, -0.1) is 0 Å². The first-order valence-corrected chi connectivity index (χ1v) is 8.92. The third-order valence-electron chi connectivity index (χ3n) is 4.85. The molecule has 0 spiro atoms. The average Bonchev–Trinajstić information content (AvgIpc) is 2.91. The molecule has 2 heterocycles. The first-order chi connectivity index (χ1) is 11.2. The Labute approximate surface area is 145 Å². The molecule has 23 heavy (non-hydrogen) atoms. The molecule has 2 aromatic rings. The fraction of sp³-hybridized carbons (Fsp3) is 0.316. The number of anilines is 1. The molecule has 1 N–H and O–H groups in total. The molecular weight excluding hydrogens is 352 g/mol. The first kappa shape index (κ1) is 14.9. The number of para-hydroxylation sites is 1. The van der Waals surface area contributed by atoms with Gasteiger partial charge in [0.2, 0.25) is 0 Å². The van der Waals surface area contributed by atoms with Crippen molar-refractivity contribution < 1.29 is 9.68 Å². The Morgan fingerprint density at radius 1 is 1.00 bits per heavy atom. The molecule has 2 aromatic carbocycles. The lowest BCUT2D eigenvalue weighted by molar-refractivity contribution is -0.661. The maximum absolute atomic E-state index is 11.5. The Morgan fingerprint density at radius 3 is 2.48 bits per heavy atom. The van der Waals surface area contributed by atoms with E-state index in [4.69, 9.17) is 0 Å². The van der Waals surface area contributed by atoms with Gasteiger partial charge in [-0.3, -0.25) is 0 Å². The summed E-state index contributed by atoms with van der Waals surface area (Å²) in [5.74, 6) is 1.24. The second-order valence-corrected chi connectivity index (χ2v) is 7.19. The van der Waals surface area contributed by atoms with Crippen molar-refractivity contribution in [3.05, 3.63) is 64.6 Å². The van der Waals surface area contributed by atoms with Gasteiger partial charge in [0, 0.05) is 16.5 Å². The summed E-state index contributed by atoms with van der Waals surface area (Å²) in [6.07, 6.45) is 3.34. The van der Waals surface area contributed by atoms with E-state index in [0.717, 1.165) is 35.1 Å². The summed E-state index contributed by atoms with van der Waals surface area (Å²) in [5, 5.41) is 11.5. The minimum atomic E-state index is -0.952. The van der Waals surface area contributed by atoms with Crippen molar-refractivity contribution in [2.75, 3.05) is 18.0 Å². The smallest absolute Gasteiger partial charge is 0.271 e. The number of rotatable bonds is 2. The average molecular weight is 372 g/mol. The number of halogens is 1. The Morgan fingerprint density at radius 2 is 1.74 bits per heavy atom. The van der Waals surface area contributed by atoms with E-state index in [1.54, 1.807) is 0 Å². The summed E-state index contributed by atoms with van der Waals surface area (Å²) in [6.45, 7) is 1.49. The van der Waals surface area contributed by atoms with E-state index in [-0.39, 0.29) is 0 Å². The maximum atomic E-state index is 11.5. The van der Waals surface area contributed by atoms with Crippen molar-refractivity contribution in [3.63, 3.8) is 0 Å². The van der Waals surface area contributed by atoms with Gasteiger partial charge in [0.25, 0.3) is 11.6 Å². The topological polar surface area (TPSA) is 26.5 Å². The number of aliphatic hydroxyl groups is 1. The molecule has 0 saturated heterocycles. The normalized spacial score (nSPS) is 24.0. The largest absolute Gasteiger partial charge is 0.346 e. The van der Waals surface area contributed by atoms with Crippen molar-refractivity contribution in [3.8, 4) is 0 Å². The van der Waals surface area contributed by atoms with Crippen LogP contribution in [-0.4, -0.2) is 28.6 Å². The van der Waals surface area contributed by atoms with Crippen LogP contribution in [0.5, 0.6) is 0 Å². The van der Waals surface area contributed by atoms with Gasteiger partial charge in [-0.25, -0.2) is 9.48 Å². The number of β-amino-alcohol motifs (C(OH)–C–C–N with tert-alkyl or cyclic N) is 1. The summed E-state index contributed by atoms with van der Waals surface area (Å²) < 4.78 is 3.23. The molecule has 4 heteroatoms. The van der Waals surface area contributed by atoms with Crippen LogP contribution in [0, 0.1) is 0 Å². The second kappa shape index (κ2) is 5.77. The third kappa shape index (κ3) is 2.50. The molecule has 2 aliphatic heterocycles. The van der Waals surface area contributed by atoms with Gasteiger partial charge in [0.1, 0.15) is 5.69 Å². The van der Waals surface area contributed by atoms with E-state index in [9.17, 15) is 5.11 Å². The fourth-order valence-corrected chi connectivity index (χ4v) is 3.97. The SMILES string of the molecule is O[C@@]1(c2ccc(Br)cc2)CN(c2ccccc2)C2=[N+]1CCCC2. The quantitative estimate of drug-likeness (QED) is 0.814. The van der Waals surface area contributed by atoms with Gasteiger partial charge in [-0.1, -0.05) is 46.3 Å². The van der Waals surface area contributed by atoms with Gasteiger partial charge in [-0.2, -0.15) is 0 Å². The molecule has 118 valence electrons. The molecule has 0 amide bonds. The Hall–Kier alpha value is -1.65. The molecule has 2 aliphatic rings. The lowest BCUT2D eigenvalue weighted by Gasteiger charge is -2.24. The van der Waals surface area contributed by atoms with Gasteiger partial charge < -0.3 is 5.11 Å². The molecule has 0 bridgehead atoms. The molecule has 0 unspecified atom stereocenters. The zero-order valence-electron chi connectivity index (χ0n) is 13.0. The van der Waals surface area contributed by atoms with Crippen molar-refractivity contribution in [2.24, 2.45) is 0 Å². The highest BCUT2D eigenvalue weighted by Gasteiger charge is 2.52. The monoisotopic (exact) mass is 371 g/mol. The van der Waals surface area contributed by atoms with Crippen LogP contribution in [0.3, 0.4) is 0 Å². The van der Waals surface area contributed by atoms with Gasteiger partial charge in [0.05, 0.1) is 6.54 Å². The molecule has 0 radical (unpaired) electrons. The standard InChI is InChI=1S/C19H20BrN2O/c20-16-11-9-15(10-12-16)19(23)14-21(17-6-2-1-3-7-17)18-8-4-5-13-22(18)19/h1-3,6-7,9-12,23H,4-5,8,13-14H2/q+1/t19-/m1/s1. The van der Waals surface area contributed by atoms with Crippen LogP contribution in [0.4, 0.5) is 5.69 Å². The lowest BCUT2D eigenvalue weighted by atomic mass is 10.0.